The lowest BCUT2D eigenvalue weighted by atomic mass is 10.1. The molecule has 2 N–H and O–H groups in total. The van der Waals surface area contributed by atoms with E-state index in [-0.39, 0.29) is 5.91 Å². The third-order valence-electron chi connectivity index (χ3n) is 5.87. The van der Waals surface area contributed by atoms with Gasteiger partial charge in [-0.3, -0.25) is 14.8 Å². The molecule has 1 amide bonds. The van der Waals surface area contributed by atoms with E-state index < -0.39 is 0 Å². The summed E-state index contributed by atoms with van der Waals surface area (Å²) >= 11 is 0. The summed E-state index contributed by atoms with van der Waals surface area (Å²) in [5.41, 5.74) is 4.90. The molecule has 1 aliphatic rings. The maximum atomic E-state index is 13.3. The zero-order valence-corrected chi connectivity index (χ0v) is 18.0. The Bertz CT molecular complexity index is 1150. The number of carbonyl (C=O) groups excluding carboxylic acids is 1. The second-order valence-corrected chi connectivity index (χ2v) is 8.12. The lowest BCUT2D eigenvalue weighted by Gasteiger charge is -2.40. The summed E-state index contributed by atoms with van der Waals surface area (Å²) in [7, 11) is 0. The van der Waals surface area contributed by atoms with E-state index in [2.05, 4.69) is 44.6 Å². The Morgan fingerprint density at radius 2 is 1.75 bits per heavy atom. The quantitative estimate of drug-likeness (QED) is 0.477. The van der Waals surface area contributed by atoms with Crippen LogP contribution in [0.5, 0.6) is 0 Å². The van der Waals surface area contributed by atoms with Crippen LogP contribution in [0, 0.1) is 0 Å². The molecule has 0 unspecified atom stereocenters. The molecule has 162 valence electrons. The number of amides is 1. The summed E-state index contributed by atoms with van der Waals surface area (Å²) in [6.07, 6.45) is 3.90. The van der Waals surface area contributed by atoms with Gasteiger partial charge in [0.25, 0.3) is 5.91 Å². The number of H-pyrrole nitrogens is 1. The van der Waals surface area contributed by atoms with Gasteiger partial charge in [0.05, 0.1) is 11.4 Å². The van der Waals surface area contributed by atoms with E-state index in [0.29, 0.717) is 5.69 Å². The van der Waals surface area contributed by atoms with Crippen LogP contribution in [0.15, 0.2) is 79.0 Å². The molecule has 0 spiro atoms. The Kier molecular flexibility index (Phi) is 5.85. The maximum absolute atomic E-state index is 13.3. The van der Waals surface area contributed by atoms with Gasteiger partial charge in [-0.1, -0.05) is 36.4 Å². The van der Waals surface area contributed by atoms with Crippen molar-refractivity contribution in [1.82, 2.24) is 20.3 Å². The molecule has 6 heteroatoms. The van der Waals surface area contributed by atoms with E-state index in [1.54, 1.807) is 0 Å². The number of para-hydroxylation sites is 1. The van der Waals surface area contributed by atoms with E-state index in [1.165, 1.54) is 5.56 Å². The molecule has 3 heterocycles. The molecule has 6 nitrogen and oxygen atoms in total. The number of hydrogen-bond donors (Lipinski definition) is 2. The Hall–Kier alpha value is -3.64. The van der Waals surface area contributed by atoms with Gasteiger partial charge in [0, 0.05) is 43.3 Å². The van der Waals surface area contributed by atoms with Gasteiger partial charge in [-0.2, -0.15) is 0 Å². The molecular weight excluding hydrogens is 398 g/mol. The number of nitrogens with zero attached hydrogens (tertiary/aromatic N) is 3. The fourth-order valence-corrected chi connectivity index (χ4v) is 4.20. The first-order valence-electron chi connectivity index (χ1n) is 11.1. The Morgan fingerprint density at radius 3 is 2.56 bits per heavy atom. The fourth-order valence-electron chi connectivity index (χ4n) is 4.20. The zero-order chi connectivity index (χ0) is 21.8. The molecule has 32 heavy (non-hydrogen) atoms. The smallest absolute Gasteiger partial charge is 0.288 e. The Balaban J connectivity index is 1.27. The van der Waals surface area contributed by atoms with Gasteiger partial charge in [0.1, 0.15) is 5.69 Å². The number of nitrogens with one attached hydrogen (secondary N) is 2. The van der Waals surface area contributed by atoms with Crippen molar-refractivity contribution in [1.29, 1.82) is 0 Å². The highest BCUT2D eigenvalue weighted by Crippen LogP contribution is 2.24. The van der Waals surface area contributed by atoms with E-state index in [4.69, 9.17) is 0 Å². The van der Waals surface area contributed by atoms with Crippen LogP contribution in [0.3, 0.4) is 0 Å². The van der Waals surface area contributed by atoms with Crippen molar-refractivity contribution >= 4 is 22.5 Å². The number of fused-ring (bicyclic) bond motifs is 1. The van der Waals surface area contributed by atoms with Crippen LogP contribution < -0.4 is 10.3 Å². The lowest BCUT2D eigenvalue weighted by Crippen LogP contribution is -2.50. The summed E-state index contributed by atoms with van der Waals surface area (Å²) in [6.45, 7) is 3.07. The lowest BCUT2D eigenvalue weighted by molar-refractivity contribution is 0.0699. The second-order valence-electron chi connectivity index (χ2n) is 8.12. The van der Waals surface area contributed by atoms with Crippen LogP contribution in [0.4, 0.5) is 5.69 Å². The van der Waals surface area contributed by atoms with E-state index in [9.17, 15) is 4.79 Å². The van der Waals surface area contributed by atoms with Crippen molar-refractivity contribution in [3.05, 3.63) is 95.9 Å². The van der Waals surface area contributed by atoms with Gasteiger partial charge >= 0.3 is 0 Å². The highest BCUT2D eigenvalue weighted by molar-refractivity contribution is 5.98. The van der Waals surface area contributed by atoms with Crippen LogP contribution in [-0.2, 0) is 13.1 Å². The minimum atomic E-state index is 0.0157. The highest BCUT2D eigenvalue weighted by atomic mass is 16.2. The standard InChI is InChI=1S/C26H27N5O/c32-26(25-17-21-7-1-2-9-24(21)29-25)31-16-6-5-15-30(31)23-12-10-20(11-13-23)18-27-19-22-8-3-4-14-28-22/h1-4,7-14,17,27,29H,5-6,15-16,18-19H2. The number of benzene rings is 2. The van der Waals surface area contributed by atoms with Crippen molar-refractivity contribution in [2.75, 3.05) is 18.1 Å². The summed E-state index contributed by atoms with van der Waals surface area (Å²) < 4.78 is 0. The topological polar surface area (TPSA) is 64.3 Å². The van der Waals surface area contributed by atoms with Gasteiger partial charge in [-0.15, -0.1) is 0 Å². The predicted octanol–water partition coefficient (Wildman–Crippen LogP) is 4.51. The number of aromatic amines is 1. The van der Waals surface area contributed by atoms with E-state index in [1.807, 2.05) is 59.7 Å². The molecule has 1 fully saturated rings. The van der Waals surface area contributed by atoms with Gasteiger partial charge < -0.3 is 10.3 Å². The summed E-state index contributed by atoms with van der Waals surface area (Å²) in [6, 6.07) is 24.3. The van der Waals surface area contributed by atoms with Crippen LogP contribution in [0.25, 0.3) is 10.9 Å². The average molecular weight is 426 g/mol. The van der Waals surface area contributed by atoms with Crippen molar-refractivity contribution in [3.8, 4) is 0 Å². The van der Waals surface area contributed by atoms with Crippen molar-refractivity contribution in [3.63, 3.8) is 0 Å². The third kappa shape index (κ3) is 4.36. The number of carbonyl (C=O) groups is 1. The minimum Gasteiger partial charge on any atom is -0.350 e. The minimum absolute atomic E-state index is 0.0157. The van der Waals surface area contributed by atoms with Crippen LogP contribution in [-0.4, -0.2) is 34.0 Å². The van der Waals surface area contributed by atoms with Crippen LogP contribution >= 0.6 is 0 Å². The molecule has 0 aliphatic carbocycles. The van der Waals surface area contributed by atoms with Gasteiger partial charge in [-0.05, 0) is 54.8 Å². The molecule has 1 saturated heterocycles. The second kappa shape index (κ2) is 9.24. The normalized spacial score (nSPS) is 14.1. The molecule has 0 saturated carbocycles. The molecule has 2 aromatic heterocycles. The first-order chi connectivity index (χ1) is 15.8. The number of hydrogen-bond acceptors (Lipinski definition) is 4. The largest absolute Gasteiger partial charge is 0.350 e. The number of aromatic nitrogens is 2. The van der Waals surface area contributed by atoms with Crippen molar-refractivity contribution < 1.29 is 4.79 Å². The van der Waals surface area contributed by atoms with Crippen molar-refractivity contribution in [2.24, 2.45) is 0 Å². The first-order valence-corrected chi connectivity index (χ1v) is 11.1. The summed E-state index contributed by atoms with van der Waals surface area (Å²) in [5, 5.41) is 8.48. The molecule has 2 aromatic carbocycles. The molecule has 0 bridgehead atoms. The summed E-state index contributed by atoms with van der Waals surface area (Å²) in [5.74, 6) is 0.0157. The molecule has 1 aliphatic heterocycles. The highest BCUT2D eigenvalue weighted by Gasteiger charge is 2.27. The van der Waals surface area contributed by atoms with Gasteiger partial charge in [0.15, 0.2) is 0 Å². The maximum Gasteiger partial charge on any atom is 0.288 e. The van der Waals surface area contributed by atoms with Crippen LogP contribution in [0.1, 0.15) is 34.6 Å². The first kappa shape index (κ1) is 20.3. The summed E-state index contributed by atoms with van der Waals surface area (Å²) in [4.78, 5) is 21.0. The predicted molar refractivity (Wildman–Crippen MR) is 127 cm³/mol. The molecule has 4 aromatic rings. The van der Waals surface area contributed by atoms with Crippen molar-refractivity contribution in [2.45, 2.75) is 25.9 Å². The third-order valence-corrected chi connectivity index (χ3v) is 5.87. The molecule has 0 atom stereocenters. The van der Waals surface area contributed by atoms with E-state index in [0.717, 1.165) is 61.3 Å². The molecular formula is C26H27N5O. The van der Waals surface area contributed by atoms with Gasteiger partial charge in [-0.25, -0.2) is 5.01 Å². The Morgan fingerprint density at radius 1 is 0.938 bits per heavy atom. The van der Waals surface area contributed by atoms with Gasteiger partial charge in [0.2, 0.25) is 0 Å². The zero-order valence-electron chi connectivity index (χ0n) is 18.0. The van der Waals surface area contributed by atoms with Crippen LogP contribution in [0.2, 0.25) is 0 Å². The number of hydrazine groups is 1. The number of rotatable bonds is 6. The van der Waals surface area contributed by atoms with E-state index >= 15 is 0 Å². The monoisotopic (exact) mass is 425 g/mol. The Labute approximate surface area is 187 Å². The number of anilines is 1. The molecule has 0 radical (unpaired) electrons. The number of pyridine rings is 1. The average Bonchev–Trinajstić information content (AvgIpc) is 3.29. The molecule has 5 rings (SSSR count). The SMILES string of the molecule is O=C(c1cc2ccccc2[nH]1)N1CCCCN1c1ccc(CNCc2ccccn2)cc1. The fraction of sp³-hybridized carbons (Fsp3) is 0.231.